The topological polar surface area (TPSA) is 105 Å². The van der Waals surface area contributed by atoms with Crippen LogP contribution in [0, 0.1) is 0 Å². The lowest BCUT2D eigenvalue weighted by atomic mass is 10.1. The Kier molecular flexibility index (Phi) is 8.07. The van der Waals surface area contributed by atoms with Crippen molar-refractivity contribution in [2.24, 2.45) is 0 Å². The third kappa shape index (κ3) is 5.28. The summed E-state index contributed by atoms with van der Waals surface area (Å²) < 4.78 is 32.3. The lowest BCUT2D eigenvalue weighted by molar-refractivity contribution is 0.320. The molecule has 0 aliphatic rings. The Hall–Kier alpha value is -4.08. The maximum Gasteiger partial charge on any atom is 0.265 e. The average molecular weight is 472 g/mol. The van der Waals surface area contributed by atoms with Gasteiger partial charge < -0.3 is 38.4 Å². The Morgan fingerprint density at radius 3 is 1.44 bits per heavy atom. The van der Waals surface area contributed by atoms with Gasteiger partial charge in [0.1, 0.15) is 23.0 Å². The normalized spacial score (nSPS) is 10.4. The first-order chi connectivity index (χ1) is 16.5. The highest BCUT2D eigenvalue weighted by Gasteiger charge is 2.22. The Labute approximate surface area is 198 Å². The van der Waals surface area contributed by atoms with Crippen LogP contribution < -0.4 is 33.3 Å². The van der Waals surface area contributed by atoms with Gasteiger partial charge in [0.2, 0.25) is 11.7 Å². The molecule has 0 saturated heterocycles. The Bertz CT molecular complexity index is 1040. The number of anilines is 1. The fourth-order valence-electron chi connectivity index (χ4n) is 3.40. The molecule has 0 fully saturated rings. The molecular formula is C24H29N3O7. The molecule has 3 rings (SSSR count). The molecule has 0 unspecified atom stereocenters. The van der Waals surface area contributed by atoms with Crippen molar-refractivity contribution in [1.82, 2.24) is 9.97 Å². The number of methoxy groups -OCH3 is 6. The third-order valence-corrected chi connectivity index (χ3v) is 5.19. The monoisotopic (exact) mass is 471 g/mol. The van der Waals surface area contributed by atoms with E-state index in [1.165, 1.54) is 14.2 Å². The zero-order chi connectivity index (χ0) is 24.7. The van der Waals surface area contributed by atoms with Crippen molar-refractivity contribution in [2.75, 3.05) is 47.6 Å². The first kappa shape index (κ1) is 24.6. The van der Waals surface area contributed by atoms with E-state index in [-0.39, 0.29) is 23.5 Å². The number of hydrogen-bond acceptors (Lipinski definition) is 10. The Balaban J connectivity index is 2.09. The van der Waals surface area contributed by atoms with Gasteiger partial charge in [-0.3, -0.25) is 0 Å². The number of hydrogen-bond donors (Lipinski definition) is 1. The highest BCUT2D eigenvalue weighted by molar-refractivity contribution is 5.51. The van der Waals surface area contributed by atoms with Gasteiger partial charge in [-0.05, 0) is 24.3 Å². The van der Waals surface area contributed by atoms with E-state index in [0.717, 1.165) is 11.1 Å². The summed E-state index contributed by atoms with van der Waals surface area (Å²) in [6.45, 7) is 0.721. The minimum Gasteiger partial charge on any atom is -0.499 e. The minimum absolute atomic E-state index is 0.00441. The SMILES string of the molecule is COc1ccc(CN(Cc2ccc(OC)cc2OC)c2nc(OC)c(O)c(OC)n2)c(OC)c1. The first-order valence-electron chi connectivity index (χ1n) is 10.3. The van der Waals surface area contributed by atoms with Gasteiger partial charge in [0.05, 0.1) is 42.7 Å². The van der Waals surface area contributed by atoms with Crippen molar-refractivity contribution in [3.63, 3.8) is 0 Å². The van der Waals surface area contributed by atoms with Crippen molar-refractivity contribution in [1.29, 1.82) is 0 Å². The molecule has 3 aromatic rings. The number of aromatic nitrogens is 2. The minimum atomic E-state index is -0.280. The van der Waals surface area contributed by atoms with Gasteiger partial charge >= 0.3 is 0 Å². The van der Waals surface area contributed by atoms with E-state index in [4.69, 9.17) is 28.4 Å². The van der Waals surface area contributed by atoms with Gasteiger partial charge in [-0.2, -0.15) is 9.97 Å². The predicted molar refractivity (Wildman–Crippen MR) is 126 cm³/mol. The summed E-state index contributed by atoms with van der Waals surface area (Å²) in [5.74, 6) is 2.62. The second-order valence-electron chi connectivity index (χ2n) is 7.10. The maximum atomic E-state index is 10.3. The highest BCUT2D eigenvalue weighted by Crippen LogP contribution is 2.36. The maximum absolute atomic E-state index is 10.3. The number of nitrogens with zero attached hydrogens (tertiary/aromatic N) is 3. The van der Waals surface area contributed by atoms with Gasteiger partial charge in [0, 0.05) is 36.3 Å². The number of benzene rings is 2. The summed E-state index contributed by atoms with van der Waals surface area (Å²) in [5, 5.41) is 10.3. The Morgan fingerprint density at radius 1 is 0.647 bits per heavy atom. The van der Waals surface area contributed by atoms with Crippen LogP contribution in [0.15, 0.2) is 36.4 Å². The van der Waals surface area contributed by atoms with Gasteiger partial charge in [-0.15, -0.1) is 0 Å². The van der Waals surface area contributed by atoms with E-state index < -0.39 is 0 Å². The lowest BCUT2D eigenvalue weighted by Crippen LogP contribution is -2.25. The predicted octanol–water partition coefficient (Wildman–Crippen LogP) is 3.44. The molecule has 0 spiro atoms. The second kappa shape index (κ2) is 11.2. The zero-order valence-corrected chi connectivity index (χ0v) is 20.1. The van der Waals surface area contributed by atoms with Crippen LogP contribution in [0.4, 0.5) is 5.95 Å². The summed E-state index contributed by atoms with van der Waals surface area (Å²) in [6, 6.07) is 11.1. The molecule has 0 bridgehead atoms. The van der Waals surface area contributed by atoms with Gasteiger partial charge in [0.15, 0.2) is 0 Å². The van der Waals surface area contributed by atoms with Crippen LogP contribution in [0.3, 0.4) is 0 Å². The van der Waals surface area contributed by atoms with E-state index in [2.05, 4.69) is 9.97 Å². The molecule has 0 saturated carbocycles. The lowest BCUT2D eigenvalue weighted by Gasteiger charge is -2.25. The van der Waals surface area contributed by atoms with Crippen LogP contribution >= 0.6 is 0 Å². The summed E-state index contributed by atoms with van der Waals surface area (Å²) >= 11 is 0. The molecule has 0 atom stereocenters. The van der Waals surface area contributed by atoms with E-state index in [1.54, 1.807) is 40.6 Å². The van der Waals surface area contributed by atoms with Crippen LogP contribution in [-0.4, -0.2) is 57.7 Å². The molecule has 0 aliphatic heterocycles. The van der Waals surface area contributed by atoms with E-state index >= 15 is 0 Å². The molecule has 2 aromatic carbocycles. The van der Waals surface area contributed by atoms with E-state index in [1.807, 2.05) is 29.2 Å². The van der Waals surface area contributed by atoms with Gasteiger partial charge in [-0.1, -0.05) is 0 Å². The van der Waals surface area contributed by atoms with Crippen molar-refractivity contribution in [2.45, 2.75) is 13.1 Å². The summed E-state index contributed by atoms with van der Waals surface area (Å²) in [5.41, 5.74) is 1.73. The second-order valence-corrected chi connectivity index (χ2v) is 7.10. The van der Waals surface area contributed by atoms with Crippen LogP contribution in [0.5, 0.6) is 40.5 Å². The zero-order valence-electron chi connectivity index (χ0n) is 20.1. The molecule has 10 heteroatoms. The number of rotatable bonds is 11. The molecule has 0 radical (unpaired) electrons. The largest absolute Gasteiger partial charge is 0.499 e. The smallest absolute Gasteiger partial charge is 0.265 e. The fraction of sp³-hybridized carbons (Fsp3) is 0.333. The number of ether oxygens (including phenoxy) is 6. The standard InChI is InChI=1S/C24H29N3O7/c1-29-17-9-7-15(19(11-17)31-3)13-27(14-16-8-10-18(30-2)12-20(16)32-4)24-25-22(33-5)21(28)23(26-24)34-6/h7-12,28H,13-14H2,1-6H3. The molecular weight excluding hydrogens is 442 g/mol. The van der Waals surface area contributed by atoms with Gasteiger partial charge in [-0.25, -0.2) is 0 Å². The summed E-state index contributed by atoms with van der Waals surface area (Å²) in [6.07, 6.45) is 0. The molecule has 1 N–H and O–H groups in total. The summed E-state index contributed by atoms with van der Waals surface area (Å²) in [4.78, 5) is 10.7. The van der Waals surface area contributed by atoms with Crippen molar-refractivity contribution in [3.05, 3.63) is 47.5 Å². The molecule has 1 aromatic heterocycles. The van der Waals surface area contributed by atoms with Crippen molar-refractivity contribution >= 4 is 5.95 Å². The molecule has 34 heavy (non-hydrogen) atoms. The molecule has 0 aliphatic carbocycles. The molecule has 1 heterocycles. The summed E-state index contributed by atoms with van der Waals surface area (Å²) in [7, 11) is 9.21. The molecule has 0 amide bonds. The van der Waals surface area contributed by atoms with Crippen LogP contribution in [0.2, 0.25) is 0 Å². The average Bonchev–Trinajstić information content (AvgIpc) is 2.88. The highest BCUT2D eigenvalue weighted by atomic mass is 16.5. The molecule has 10 nitrogen and oxygen atoms in total. The Morgan fingerprint density at radius 2 is 1.09 bits per heavy atom. The van der Waals surface area contributed by atoms with Crippen LogP contribution in [0.1, 0.15) is 11.1 Å². The van der Waals surface area contributed by atoms with Crippen molar-refractivity contribution in [3.8, 4) is 40.5 Å². The third-order valence-electron chi connectivity index (χ3n) is 5.19. The van der Waals surface area contributed by atoms with Crippen molar-refractivity contribution < 1.29 is 33.5 Å². The first-order valence-corrected chi connectivity index (χ1v) is 10.3. The van der Waals surface area contributed by atoms with Gasteiger partial charge in [0.25, 0.3) is 11.8 Å². The fourth-order valence-corrected chi connectivity index (χ4v) is 3.40. The van der Waals surface area contributed by atoms with E-state index in [0.29, 0.717) is 36.1 Å². The molecule has 182 valence electrons. The van der Waals surface area contributed by atoms with E-state index in [9.17, 15) is 5.11 Å². The van der Waals surface area contributed by atoms with Crippen LogP contribution in [0.25, 0.3) is 0 Å². The quantitative estimate of drug-likeness (QED) is 0.447. The number of aromatic hydroxyl groups is 1. The van der Waals surface area contributed by atoms with Crippen LogP contribution in [-0.2, 0) is 13.1 Å².